The predicted molar refractivity (Wildman–Crippen MR) is 514 cm³/mol. The van der Waals surface area contributed by atoms with Crippen LogP contribution in [0, 0.1) is 27.7 Å². The Morgan fingerprint density at radius 1 is 0.392 bits per heavy atom. The van der Waals surface area contributed by atoms with Crippen molar-refractivity contribution in [3.8, 4) is 28.7 Å². The van der Waals surface area contributed by atoms with Gasteiger partial charge in [0.2, 0.25) is 0 Å². The van der Waals surface area contributed by atoms with E-state index >= 15 is 0 Å². The van der Waals surface area contributed by atoms with E-state index in [4.69, 9.17) is 76.8 Å². The SMILES string of the molecule is CCOc1cc(C2CCN(C)CC2)ccc1Cc1ncc2c(n1)N(c1ccc(OC)cn1)C(=O)N(c1c(C)cccc1C)C2.CCOc1cc(C2CCN(C)CC2)ccc1Cc1ncc2c(n1)N(c1ccc(OC)cn1)C(=O)N(c1c(C)cccc1Cl)C2.COc1ccc(N2C(=O)N(c3c(C)cccc3Cl)Cc3cnc(Cc4ccc(N5CCN(C)CC5)cc4Br)nc32)nc1. The van der Waals surface area contributed by atoms with Crippen LogP contribution in [0.5, 0.6) is 28.7 Å². The zero-order valence-electron chi connectivity index (χ0n) is 75.5. The lowest BCUT2D eigenvalue weighted by molar-refractivity contribution is 0.251. The number of likely N-dealkylation sites (tertiary alicyclic amines) is 2. The van der Waals surface area contributed by atoms with Crippen molar-refractivity contribution in [1.82, 2.24) is 59.6 Å². The average Bonchev–Trinajstić information content (AvgIpc) is 0.757. The number of ether oxygens (including phenoxy) is 5. The van der Waals surface area contributed by atoms with Gasteiger partial charge in [-0.25, -0.2) is 73.9 Å². The van der Waals surface area contributed by atoms with Gasteiger partial charge in [-0.2, -0.15) is 0 Å². The molecule has 0 spiro atoms. The topological polar surface area (TPSA) is 246 Å². The largest absolute Gasteiger partial charge is 0.495 e. The number of benzene rings is 6. The van der Waals surface area contributed by atoms with E-state index < -0.39 is 0 Å². The highest BCUT2D eigenvalue weighted by Crippen LogP contribution is 2.45. The zero-order valence-corrected chi connectivity index (χ0v) is 78.6. The number of para-hydroxylation sites is 3. The van der Waals surface area contributed by atoms with Gasteiger partial charge in [0, 0.05) is 102 Å². The third kappa shape index (κ3) is 20.0. The fourth-order valence-electron chi connectivity index (χ4n) is 17.7. The first kappa shape index (κ1) is 90.9. The summed E-state index contributed by atoms with van der Waals surface area (Å²) in [5.41, 5.74) is 15.4. The van der Waals surface area contributed by atoms with E-state index in [0.29, 0.717) is 142 Å². The van der Waals surface area contributed by atoms with E-state index in [1.807, 2.05) is 90.2 Å². The molecule has 6 aromatic carbocycles. The fraction of sp³-hybridized carbons (Fsp3) is 0.340. The molecule has 0 bridgehead atoms. The molecular formula is C100H108BrCl2N19O8. The molecule has 0 atom stereocenters. The van der Waals surface area contributed by atoms with Crippen LogP contribution < -0.4 is 58.0 Å². The summed E-state index contributed by atoms with van der Waals surface area (Å²) >= 11 is 17.0. The van der Waals surface area contributed by atoms with Crippen molar-refractivity contribution >= 4 is 115 Å². The monoisotopic (exact) mass is 1850 g/mol. The maximum absolute atomic E-state index is 14.3. The van der Waals surface area contributed by atoms with E-state index in [0.717, 1.165) is 155 Å². The molecule has 6 amide bonds. The van der Waals surface area contributed by atoms with Crippen LogP contribution in [0.25, 0.3) is 0 Å². The number of aromatic nitrogens is 9. The Balaban J connectivity index is 0.000000143. The van der Waals surface area contributed by atoms with Crippen LogP contribution in [0.4, 0.5) is 72.0 Å². The first-order valence-corrected chi connectivity index (χ1v) is 45.6. The van der Waals surface area contributed by atoms with Crippen LogP contribution in [0.15, 0.2) is 187 Å². The predicted octanol–water partition coefficient (Wildman–Crippen LogP) is 19.7. The van der Waals surface area contributed by atoms with Crippen molar-refractivity contribution < 1.29 is 38.1 Å². The van der Waals surface area contributed by atoms with Gasteiger partial charge < -0.3 is 43.3 Å². The molecule has 6 aromatic heterocycles. The minimum atomic E-state index is -0.298. The molecule has 0 N–H and O–H groups in total. The number of piperazine rings is 1. The molecule has 12 aromatic rings. The second kappa shape index (κ2) is 40.7. The number of carbonyl (C=O) groups excluding carboxylic acids is 3. The number of rotatable bonds is 22. The molecule has 3 saturated heterocycles. The molecule has 6 aliphatic rings. The highest BCUT2D eigenvalue weighted by molar-refractivity contribution is 9.10. The number of hydrogen-bond donors (Lipinski definition) is 0. The molecule has 12 heterocycles. The number of amides is 6. The molecule has 6 aliphatic heterocycles. The number of anilines is 10. The van der Waals surface area contributed by atoms with Crippen LogP contribution in [-0.2, 0) is 38.9 Å². The number of piperidine rings is 2. The number of hydrogen-bond acceptors (Lipinski definition) is 21. The van der Waals surface area contributed by atoms with E-state index in [-0.39, 0.29) is 31.2 Å². The molecule has 130 heavy (non-hydrogen) atoms. The molecule has 0 saturated carbocycles. The van der Waals surface area contributed by atoms with E-state index in [1.165, 1.54) is 26.6 Å². The average molecular weight is 1850 g/mol. The Morgan fingerprint density at radius 2 is 0.738 bits per heavy atom. The summed E-state index contributed by atoms with van der Waals surface area (Å²) in [5.74, 6) is 9.27. The first-order chi connectivity index (χ1) is 63.0. The van der Waals surface area contributed by atoms with Crippen molar-refractivity contribution in [1.29, 1.82) is 0 Å². The standard InChI is InChI=1S/C35H40N6O3.C34H37ClN6O3.C31H31BrClN7O2/c1-6-44-30-18-26(25-14-16-39(4)17-15-25)10-11-27(30)19-31-36-20-28-22-40(33-23(2)8-7-9-24(33)3)35(42)41(34(28)38-31)32-13-12-29(43-5)21-37-32;1-5-44-29-17-24(23-13-15-39(3)16-14-23)9-10-25(29)18-30-36-19-26-21-40(32-22(2)7-6-8-28(32)35)34(42)41(33(26)38-30)31-12-11-27(43-4)20-37-31;1-20-5-4-6-26(33)29(20)39-19-22-17-34-27(36-30(22)40(31(39)41)28-10-9-24(42-3)18-35-28)15-21-7-8-23(16-25(21)32)38-13-11-37(2)12-14-38/h7-13,18,20-21,25H,6,14-17,19,22H2,1-5H3;6-12,17,19-20,23H,5,13-16,18,21H2,1-4H3;4-10,16-18H,11-15,19H2,1-3H3. The summed E-state index contributed by atoms with van der Waals surface area (Å²) in [6.07, 6.45) is 16.3. The van der Waals surface area contributed by atoms with Gasteiger partial charge in [-0.1, -0.05) is 112 Å². The third-order valence-electron chi connectivity index (χ3n) is 24.9. The minimum Gasteiger partial charge on any atom is -0.495 e. The molecule has 3 fully saturated rings. The summed E-state index contributed by atoms with van der Waals surface area (Å²) < 4.78 is 29.2. The van der Waals surface area contributed by atoms with Gasteiger partial charge in [0.05, 0.1) is 99.9 Å². The summed E-state index contributed by atoms with van der Waals surface area (Å²) in [4.78, 5) is 105. The Labute approximate surface area is 778 Å². The Morgan fingerprint density at radius 3 is 1.08 bits per heavy atom. The van der Waals surface area contributed by atoms with Crippen LogP contribution in [-0.4, -0.2) is 186 Å². The smallest absolute Gasteiger partial charge is 0.336 e. The number of aryl methyl sites for hydroxylation is 4. The van der Waals surface area contributed by atoms with E-state index in [2.05, 4.69) is 126 Å². The molecule has 0 aliphatic carbocycles. The van der Waals surface area contributed by atoms with Crippen molar-refractivity contribution in [2.75, 3.05) is 142 Å². The lowest BCUT2D eigenvalue weighted by Crippen LogP contribution is -2.46. The highest BCUT2D eigenvalue weighted by Gasteiger charge is 2.41. The molecular weight excluding hydrogens is 1750 g/mol. The van der Waals surface area contributed by atoms with Crippen LogP contribution in [0.1, 0.15) is 136 Å². The Kier molecular flexibility index (Phi) is 28.5. The Hall–Kier alpha value is -12.4. The number of methoxy groups -OCH3 is 3. The molecule has 27 nitrogen and oxygen atoms in total. The molecule has 18 rings (SSSR count). The molecule has 672 valence electrons. The zero-order chi connectivity index (χ0) is 91.0. The van der Waals surface area contributed by atoms with Gasteiger partial charge >= 0.3 is 18.1 Å². The summed E-state index contributed by atoms with van der Waals surface area (Å²) in [5, 5.41) is 0.992. The van der Waals surface area contributed by atoms with Crippen LogP contribution in [0.3, 0.4) is 0 Å². The number of likely N-dealkylation sites (N-methyl/N-ethyl adjacent to an activating group) is 1. The quantitative estimate of drug-likeness (QED) is 0.0612. The maximum atomic E-state index is 14.3. The van der Waals surface area contributed by atoms with Gasteiger partial charge in [0.15, 0.2) is 17.5 Å². The normalized spacial score (nSPS) is 15.7. The van der Waals surface area contributed by atoms with E-state index in [1.54, 1.807) is 120 Å². The van der Waals surface area contributed by atoms with Crippen molar-refractivity contribution in [3.05, 3.63) is 282 Å². The fourth-order valence-corrected chi connectivity index (χ4v) is 18.8. The number of pyridine rings is 3. The lowest BCUT2D eigenvalue weighted by Gasteiger charge is -2.36. The van der Waals surface area contributed by atoms with Crippen molar-refractivity contribution in [2.45, 2.75) is 118 Å². The van der Waals surface area contributed by atoms with Gasteiger partial charge in [-0.05, 0) is 238 Å². The third-order valence-corrected chi connectivity index (χ3v) is 26.2. The molecule has 0 radical (unpaired) electrons. The number of halogens is 3. The Bertz CT molecular complexity index is 5790. The minimum absolute atomic E-state index is 0.213. The molecule has 30 heteroatoms. The second-order valence-corrected chi connectivity index (χ2v) is 35.3. The second-order valence-electron chi connectivity index (χ2n) is 33.6. The summed E-state index contributed by atoms with van der Waals surface area (Å²) in [7, 11) is 11.3. The van der Waals surface area contributed by atoms with E-state index in [9.17, 15) is 14.4 Å². The first-order valence-electron chi connectivity index (χ1n) is 44.1. The highest BCUT2D eigenvalue weighted by atomic mass is 79.9. The number of fused-ring (bicyclic) bond motifs is 3. The van der Waals surface area contributed by atoms with Gasteiger partial charge in [-0.3, -0.25) is 14.7 Å². The van der Waals surface area contributed by atoms with Crippen molar-refractivity contribution in [2.24, 2.45) is 0 Å². The van der Waals surface area contributed by atoms with Gasteiger partial charge in [0.1, 0.15) is 63.7 Å². The van der Waals surface area contributed by atoms with Crippen LogP contribution in [0.2, 0.25) is 10.0 Å². The van der Waals surface area contributed by atoms with Gasteiger partial charge in [-0.15, -0.1) is 0 Å². The maximum Gasteiger partial charge on any atom is 0.336 e. The number of carbonyl (C=O) groups is 3. The summed E-state index contributed by atoms with van der Waals surface area (Å²) in [6, 6.07) is 46.6. The number of nitrogens with zero attached hydrogens (tertiary/aromatic N) is 19. The summed E-state index contributed by atoms with van der Waals surface area (Å²) in [6.45, 7) is 22.5. The van der Waals surface area contributed by atoms with Crippen LogP contribution >= 0.6 is 39.1 Å². The van der Waals surface area contributed by atoms with Gasteiger partial charge in [0.25, 0.3) is 0 Å². The number of urea groups is 3. The van der Waals surface area contributed by atoms with Crippen molar-refractivity contribution in [3.63, 3.8) is 0 Å². The lowest BCUT2D eigenvalue weighted by atomic mass is 9.88. The molecule has 0 unspecified atom stereocenters.